The monoisotopic (exact) mass is 240 g/mol. The molecule has 3 aromatic rings. The Morgan fingerprint density at radius 1 is 1.47 bits per heavy atom. The Balaban J connectivity index is 2.25. The molecule has 0 aliphatic heterocycles. The lowest BCUT2D eigenvalue weighted by molar-refractivity contribution is 1.07. The highest BCUT2D eigenvalue weighted by Crippen LogP contribution is 2.26. The van der Waals surface area contributed by atoms with Gasteiger partial charge in [-0.3, -0.25) is 9.38 Å². The van der Waals surface area contributed by atoms with Gasteiger partial charge in [0, 0.05) is 29.5 Å². The van der Waals surface area contributed by atoms with Gasteiger partial charge in [-0.2, -0.15) is 5.26 Å². The maximum absolute atomic E-state index is 8.90. The minimum absolute atomic E-state index is 0.349. The van der Waals surface area contributed by atoms with E-state index < -0.39 is 0 Å². The molecule has 82 valence electrons. The van der Waals surface area contributed by atoms with Crippen molar-refractivity contribution in [1.82, 2.24) is 14.4 Å². The first-order valence-electron chi connectivity index (χ1n) is 5.12. The Labute approximate surface area is 102 Å². The van der Waals surface area contributed by atoms with E-state index in [2.05, 4.69) is 16.0 Å². The first-order valence-corrected chi connectivity index (χ1v) is 6.00. The number of hydrogen-bond donors (Lipinski definition) is 0. The molecule has 0 aliphatic carbocycles. The second kappa shape index (κ2) is 4.00. The minimum atomic E-state index is 0.349. The van der Waals surface area contributed by atoms with E-state index in [4.69, 9.17) is 5.26 Å². The lowest BCUT2D eigenvalue weighted by atomic mass is 10.1. The van der Waals surface area contributed by atoms with Gasteiger partial charge in [0.2, 0.25) is 0 Å². The molecule has 0 amide bonds. The van der Waals surface area contributed by atoms with Gasteiger partial charge in [0.1, 0.15) is 0 Å². The van der Waals surface area contributed by atoms with Crippen LogP contribution in [-0.2, 0) is 6.42 Å². The van der Waals surface area contributed by atoms with Gasteiger partial charge >= 0.3 is 0 Å². The van der Waals surface area contributed by atoms with Crippen molar-refractivity contribution in [2.75, 3.05) is 0 Å². The van der Waals surface area contributed by atoms with Crippen molar-refractivity contribution in [2.24, 2.45) is 0 Å². The summed E-state index contributed by atoms with van der Waals surface area (Å²) >= 11 is 1.56. The summed E-state index contributed by atoms with van der Waals surface area (Å²) < 4.78 is 1.97. The maximum Gasteiger partial charge on any atom is 0.194 e. The molecule has 0 unspecified atom stereocenters. The highest BCUT2D eigenvalue weighted by Gasteiger charge is 2.14. The van der Waals surface area contributed by atoms with Crippen molar-refractivity contribution in [3.63, 3.8) is 0 Å². The van der Waals surface area contributed by atoms with E-state index >= 15 is 0 Å². The molecule has 4 nitrogen and oxygen atoms in total. The first kappa shape index (κ1) is 10.00. The Morgan fingerprint density at radius 3 is 3.18 bits per heavy atom. The van der Waals surface area contributed by atoms with Crippen molar-refractivity contribution in [3.05, 3.63) is 41.8 Å². The molecule has 17 heavy (non-hydrogen) atoms. The predicted molar refractivity (Wildman–Crippen MR) is 65.6 cm³/mol. The molecule has 0 saturated carbocycles. The van der Waals surface area contributed by atoms with Gasteiger partial charge in [-0.25, -0.2) is 4.98 Å². The number of imidazole rings is 1. The molecule has 3 rings (SSSR count). The molecule has 3 aromatic heterocycles. The molecule has 0 saturated heterocycles. The summed E-state index contributed by atoms with van der Waals surface area (Å²) in [6.07, 6.45) is 5.79. The third kappa shape index (κ3) is 1.59. The van der Waals surface area contributed by atoms with Crippen molar-refractivity contribution in [1.29, 1.82) is 5.26 Å². The van der Waals surface area contributed by atoms with Crippen molar-refractivity contribution < 1.29 is 0 Å². The molecule has 0 bridgehead atoms. The van der Waals surface area contributed by atoms with Crippen LogP contribution >= 0.6 is 11.3 Å². The third-order valence-electron chi connectivity index (χ3n) is 2.54. The average Bonchev–Trinajstić information content (AvgIpc) is 2.93. The van der Waals surface area contributed by atoms with Crippen LogP contribution in [0, 0.1) is 11.3 Å². The van der Waals surface area contributed by atoms with Crippen LogP contribution in [0.25, 0.3) is 16.2 Å². The van der Waals surface area contributed by atoms with Gasteiger partial charge in [-0.05, 0) is 12.1 Å². The smallest absolute Gasteiger partial charge is 0.194 e. The Hall–Kier alpha value is -2.19. The van der Waals surface area contributed by atoms with Crippen molar-refractivity contribution in [2.45, 2.75) is 6.42 Å². The summed E-state index contributed by atoms with van der Waals surface area (Å²) in [7, 11) is 0. The third-order valence-corrected chi connectivity index (χ3v) is 3.30. The minimum Gasteiger partial charge on any atom is -0.293 e. The number of aromatic nitrogens is 3. The molecular formula is C12H8N4S. The molecule has 0 fully saturated rings. The fraction of sp³-hybridized carbons (Fsp3) is 0.0833. The Bertz CT molecular complexity index is 690. The van der Waals surface area contributed by atoms with Crippen LogP contribution in [0.15, 0.2) is 36.1 Å². The fourth-order valence-corrected chi connectivity index (χ4v) is 2.54. The van der Waals surface area contributed by atoms with Gasteiger partial charge in [0.05, 0.1) is 23.9 Å². The highest BCUT2D eigenvalue weighted by molar-refractivity contribution is 7.15. The van der Waals surface area contributed by atoms with E-state index in [1.54, 1.807) is 23.7 Å². The number of pyridine rings is 1. The second-order valence-corrected chi connectivity index (χ2v) is 4.41. The summed E-state index contributed by atoms with van der Waals surface area (Å²) in [5, 5.41) is 10.9. The zero-order chi connectivity index (χ0) is 11.7. The van der Waals surface area contributed by atoms with Crippen LogP contribution in [0.5, 0.6) is 0 Å². The molecule has 0 atom stereocenters. The summed E-state index contributed by atoms with van der Waals surface area (Å²) in [6, 6.07) is 6.02. The SMILES string of the molecule is N#CCc1c(-c2cccnc2)nc2sccn12. The zero-order valence-corrected chi connectivity index (χ0v) is 9.68. The average molecular weight is 240 g/mol. The summed E-state index contributed by atoms with van der Waals surface area (Å²) in [4.78, 5) is 9.55. The van der Waals surface area contributed by atoms with E-state index in [0.717, 1.165) is 21.9 Å². The predicted octanol–water partition coefficient (Wildman–Crippen LogP) is 2.52. The summed E-state index contributed by atoms with van der Waals surface area (Å²) in [5.41, 5.74) is 2.73. The van der Waals surface area contributed by atoms with Gasteiger partial charge < -0.3 is 0 Å². The zero-order valence-electron chi connectivity index (χ0n) is 8.87. The Kier molecular flexibility index (Phi) is 2.35. The van der Waals surface area contributed by atoms with Gasteiger partial charge in [0.15, 0.2) is 4.96 Å². The number of fused-ring (bicyclic) bond motifs is 1. The quantitative estimate of drug-likeness (QED) is 0.691. The van der Waals surface area contributed by atoms with Crippen LogP contribution in [0.2, 0.25) is 0 Å². The summed E-state index contributed by atoms with van der Waals surface area (Å²) in [5.74, 6) is 0. The number of nitriles is 1. The van der Waals surface area contributed by atoms with E-state index in [1.165, 1.54) is 0 Å². The van der Waals surface area contributed by atoms with Crippen molar-refractivity contribution >= 4 is 16.3 Å². The standard InChI is InChI=1S/C12H8N4S/c13-4-3-10-11(9-2-1-5-14-8-9)15-12-16(10)6-7-17-12/h1-2,5-8H,3H2. The van der Waals surface area contributed by atoms with Crippen LogP contribution in [0.4, 0.5) is 0 Å². The summed E-state index contributed by atoms with van der Waals surface area (Å²) in [6.45, 7) is 0. The van der Waals surface area contributed by atoms with E-state index in [1.807, 2.05) is 28.1 Å². The van der Waals surface area contributed by atoms with E-state index in [9.17, 15) is 0 Å². The second-order valence-electron chi connectivity index (χ2n) is 3.54. The Morgan fingerprint density at radius 2 is 2.41 bits per heavy atom. The topological polar surface area (TPSA) is 54.0 Å². The molecule has 5 heteroatoms. The molecule has 3 heterocycles. The van der Waals surface area contributed by atoms with Gasteiger partial charge in [-0.1, -0.05) is 0 Å². The number of nitrogens with zero attached hydrogens (tertiary/aromatic N) is 4. The lowest BCUT2D eigenvalue weighted by Gasteiger charge is -1.99. The van der Waals surface area contributed by atoms with Crippen LogP contribution in [-0.4, -0.2) is 14.4 Å². The van der Waals surface area contributed by atoms with Crippen molar-refractivity contribution in [3.8, 4) is 17.3 Å². The van der Waals surface area contributed by atoms with Gasteiger partial charge in [-0.15, -0.1) is 11.3 Å². The van der Waals surface area contributed by atoms with E-state index in [0.29, 0.717) is 6.42 Å². The molecule has 0 aromatic carbocycles. The van der Waals surface area contributed by atoms with E-state index in [-0.39, 0.29) is 0 Å². The van der Waals surface area contributed by atoms with Gasteiger partial charge in [0.25, 0.3) is 0 Å². The normalized spacial score (nSPS) is 10.5. The number of hydrogen-bond acceptors (Lipinski definition) is 4. The molecule has 0 aliphatic rings. The number of thiazole rings is 1. The molecule has 0 spiro atoms. The largest absolute Gasteiger partial charge is 0.293 e. The molecule has 0 radical (unpaired) electrons. The molecular weight excluding hydrogens is 232 g/mol. The van der Waals surface area contributed by atoms with Crippen LogP contribution in [0.3, 0.4) is 0 Å². The first-order chi connectivity index (χ1) is 8.40. The number of rotatable bonds is 2. The lowest BCUT2D eigenvalue weighted by Crippen LogP contribution is -1.91. The molecule has 0 N–H and O–H groups in total. The highest BCUT2D eigenvalue weighted by atomic mass is 32.1. The maximum atomic E-state index is 8.90. The fourth-order valence-electron chi connectivity index (χ4n) is 1.81. The van der Waals surface area contributed by atoms with Crippen LogP contribution in [0.1, 0.15) is 5.69 Å². The van der Waals surface area contributed by atoms with Crippen LogP contribution < -0.4 is 0 Å².